The highest BCUT2D eigenvalue weighted by Gasteiger charge is 2.45. The third-order valence-electron chi connectivity index (χ3n) is 3.64. The number of sulfonamides is 1. The van der Waals surface area contributed by atoms with Gasteiger partial charge in [0.1, 0.15) is 16.2 Å². The van der Waals surface area contributed by atoms with Crippen molar-refractivity contribution in [3.63, 3.8) is 0 Å². The number of nitrogens with zero attached hydrogens (tertiary/aromatic N) is 3. The molecule has 2 heterocycles. The predicted octanol–water partition coefficient (Wildman–Crippen LogP) is 0.365. The second-order valence-electron chi connectivity index (χ2n) is 5.03. The average Bonchev–Trinajstić information content (AvgIpc) is 3.12. The minimum absolute atomic E-state index is 0.0400. The van der Waals surface area contributed by atoms with E-state index in [4.69, 9.17) is 0 Å². The summed E-state index contributed by atoms with van der Waals surface area (Å²) in [6, 6.07) is 2.94. The van der Waals surface area contributed by atoms with Crippen molar-refractivity contribution in [2.75, 3.05) is 13.1 Å². The largest absolute Gasteiger partial charge is 0.382 e. The molecule has 1 fully saturated rings. The number of β-amino-alcohol motifs (C(OH)–C–C–N with tert-alkyl or cyclic N) is 1. The number of rotatable bonds is 3. The molecule has 2 N–H and O–H groups in total. The van der Waals surface area contributed by atoms with Crippen molar-refractivity contribution in [1.82, 2.24) is 19.7 Å². The molecule has 22 heavy (non-hydrogen) atoms. The van der Waals surface area contributed by atoms with Crippen molar-refractivity contribution in [3.05, 3.63) is 41.7 Å². The van der Waals surface area contributed by atoms with E-state index in [1.54, 1.807) is 0 Å². The van der Waals surface area contributed by atoms with Gasteiger partial charge < -0.3 is 5.11 Å². The van der Waals surface area contributed by atoms with Crippen molar-refractivity contribution in [1.29, 1.82) is 0 Å². The predicted molar refractivity (Wildman–Crippen MR) is 70.0 cm³/mol. The molecule has 0 spiro atoms. The number of H-pyrrole nitrogens is 1. The molecule has 10 heteroatoms. The highest BCUT2D eigenvalue weighted by atomic mass is 32.2. The Bertz CT molecular complexity index is 797. The van der Waals surface area contributed by atoms with E-state index >= 15 is 0 Å². The van der Waals surface area contributed by atoms with Crippen LogP contribution in [0.2, 0.25) is 0 Å². The maximum Gasteiger partial charge on any atom is 0.246 e. The molecule has 0 amide bonds. The quantitative estimate of drug-likeness (QED) is 0.847. The third kappa shape index (κ3) is 2.28. The first-order valence-corrected chi connectivity index (χ1v) is 7.81. The number of hydrogen-bond acceptors (Lipinski definition) is 5. The monoisotopic (exact) mass is 330 g/mol. The normalized spacial score (nSPS) is 23.0. The maximum absolute atomic E-state index is 13.7. The smallest absolute Gasteiger partial charge is 0.246 e. The molecule has 1 aliphatic heterocycles. The summed E-state index contributed by atoms with van der Waals surface area (Å²) in [5, 5.41) is 20.1. The summed E-state index contributed by atoms with van der Waals surface area (Å²) < 4.78 is 52.7. The Hall–Kier alpha value is -1.91. The summed E-state index contributed by atoms with van der Waals surface area (Å²) in [5.74, 6) is -2.67. The molecule has 1 aliphatic rings. The van der Waals surface area contributed by atoms with Crippen molar-refractivity contribution in [3.8, 4) is 0 Å². The van der Waals surface area contributed by atoms with Crippen LogP contribution >= 0.6 is 0 Å². The summed E-state index contributed by atoms with van der Waals surface area (Å²) in [7, 11) is -4.25. The van der Waals surface area contributed by atoms with Gasteiger partial charge in [0.15, 0.2) is 11.6 Å². The second kappa shape index (κ2) is 5.07. The van der Waals surface area contributed by atoms with Crippen LogP contribution in [0.5, 0.6) is 0 Å². The van der Waals surface area contributed by atoms with Gasteiger partial charge in [-0.2, -0.15) is 19.7 Å². The number of aromatic nitrogens is 3. The zero-order valence-electron chi connectivity index (χ0n) is 11.2. The van der Waals surface area contributed by atoms with E-state index in [0.29, 0.717) is 0 Å². The van der Waals surface area contributed by atoms with E-state index in [-0.39, 0.29) is 25.2 Å². The average molecular weight is 330 g/mol. The lowest BCUT2D eigenvalue weighted by molar-refractivity contribution is 0.0484. The standard InChI is InChI=1S/C12H12F2N4O3S/c13-8-2-1-3-9(11(8)14)22(20,21)18-5-4-12(19,7-18)10-6-15-17-16-10/h1-3,6,19H,4-5,7H2,(H,15,16,17). The lowest BCUT2D eigenvalue weighted by Gasteiger charge is -2.21. The Labute approximate surface area is 124 Å². The highest BCUT2D eigenvalue weighted by Crippen LogP contribution is 2.34. The fourth-order valence-electron chi connectivity index (χ4n) is 2.42. The van der Waals surface area contributed by atoms with E-state index < -0.39 is 32.2 Å². The molecule has 0 aliphatic carbocycles. The molecule has 1 aromatic carbocycles. The Morgan fingerprint density at radius 2 is 2.14 bits per heavy atom. The molecule has 2 aromatic rings. The summed E-state index contributed by atoms with van der Waals surface area (Å²) in [6.45, 7) is -0.348. The van der Waals surface area contributed by atoms with Gasteiger partial charge in [-0.25, -0.2) is 17.2 Å². The van der Waals surface area contributed by atoms with E-state index in [0.717, 1.165) is 22.5 Å². The van der Waals surface area contributed by atoms with Crippen LogP contribution in [0, 0.1) is 11.6 Å². The van der Waals surface area contributed by atoms with Gasteiger partial charge in [-0.15, -0.1) is 0 Å². The Morgan fingerprint density at radius 3 is 2.82 bits per heavy atom. The van der Waals surface area contributed by atoms with E-state index in [1.165, 1.54) is 6.20 Å². The van der Waals surface area contributed by atoms with Crippen LogP contribution in [0.15, 0.2) is 29.3 Å². The highest BCUT2D eigenvalue weighted by molar-refractivity contribution is 7.89. The van der Waals surface area contributed by atoms with E-state index in [1.807, 2.05) is 0 Å². The molecular weight excluding hydrogens is 318 g/mol. The van der Waals surface area contributed by atoms with Gasteiger partial charge >= 0.3 is 0 Å². The lowest BCUT2D eigenvalue weighted by atomic mass is 10.0. The molecule has 3 rings (SSSR count). The third-order valence-corrected chi connectivity index (χ3v) is 5.50. The molecular formula is C12H12F2N4O3S. The molecule has 1 saturated heterocycles. The minimum Gasteiger partial charge on any atom is -0.382 e. The molecule has 1 atom stereocenters. The number of benzene rings is 1. The number of hydrogen-bond donors (Lipinski definition) is 2. The van der Waals surface area contributed by atoms with Crippen LogP contribution in [-0.4, -0.2) is 46.3 Å². The summed E-state index contributed by atoms with van der Waals surface area (Å²) in [5.41, 5.74) is -1.31. The Morgan fingerprint density at radius 1 is 1.36 bits per heavy atom. The number of aromatic amines is 1. The summed E-state index contributed by atoms with van der Waals surface area (Å²) in [4.78, 5) is -0.753. The summed E-state index contributed by atoms with van der Waals surface area (Å²) >= 11 is 0. The van der Waals surface area contributed by atoms with Gasteiger partial charge in [-0.3, -0.25) is 0 Å². The van der Waals surface area contributed by atoms with Crippen LogP contribution in [0.1, 0.15) is 12.1 Å². The summed E-state index contributed by atoms with van der Waals surface area (Å²) in [6.07, 6.45) is 1.37. The van der Waals surface area contributed by atoms with Crippen LogP contribution in [0.25, 0.3) is 0 Å². The van der Waals surface area contributed by atoms with Gasteiger partial charge in [0.25, 0.3) is 0 Å². The zero-order chi connectivity index (χ0) is 16.0. The molecule has 0 saturated carbocycles. The van der Waals surface area contributed by atoms with Crippen molar-refractivity contribution in [2.45, 2.75) is 16.9 Å². The van der Waals surface area contributed by atoms with Crippen molar-refractivity contribution in [2.24, 2.45) is 0 Å². The van der Waals surface area contributed by atoms with Gasteiger partial charge in [0.05, 0.1) is 6.20 Å². The number of nitrogens with one attached hydrogen (secondary N) is 1. The molecule has 0 bridgehead atoms. The lowest BCUT2D eigenvalue weighted by Crippen LogP contribution is -2.35. The van der Waals surface area contributed by atoms with Crippen LogP contribution in [-0.2, 0) is 15.6 Å². The van der Waals surface area contributed by atoms with Crippen LogP contribution in [0.3, 0.4) is 0 Å². The SMILES string of the molecule is O=S(=O)(c1cccc(F)c1F)N1CCC(O)(c2cn[nH]n2)C1. The van der Waals surface area contributed by atoms with Crippen molar-refractivity contribution >= 4 is 10.0 Å². The molecule has 1 unspecified atom stereocenters. The molecule has 0 radical (unpaired) electrons. The minimum atomic E-state index is -4.25. The fourth-order valence-corrected chi connectivity index (χ4v) is 3.99. The van der Waals surface area contributed by atoms with Crippen molar-refractivity contribution < 1.29 is 22.3 Å². The molecule has 1 aromatic heterocycles. The first-order valence-electron chi connectivity index (χ1n) is 6.37. The van der Waals surface area contributed by atoms with Gasteiger partial charge in [0, 0.05) is 13.1 Å². The van der Waals surface area contributed by atoms with E-state index in [9.17, 15) is 22.3 Å². The van der Waals surface area contributed by atoms with Gasteiger partial charge in [0.2, 0.25) is 10.0 Å². The van der Waals surface area contributed by atoms with Crippen LogP contribution in [0.4, 0.5) is 8.78 Å². The van der Waals surface area contributed by atoms with Gasteiger partial charge in [-0.1, -0.05) is 6.07 Å². The Kier molecular flexibility index (Phi) is 3.46. The number of halogens is 2. The van der Waals surface area contributed by atoms with Crippen LogP contribution < -0.4 is 0 Å². The second-order valence-corrected chi connectivity index (χ2v) is 6.93. The first-order chi connectivity index (χ1) is 10.3. The fraction of sp³-hybridized carbons (Fsp3) is 0.333. The molecule has 118 valence electrons. The van der Waals surface area contributed by atoms with Gasteiger partial charge in [-0.05, 0) is 18.6 Å². The maximum atomic E-state index is 13.7. The molecule has 7 nitrogen and oxygen atoms in total. The number of aliphatic hydroxyl groups is 1. The zero-order valence-corrected chi connectivity index (χ0v) is 12.0. The Balaban J connectivity index is 1.94. The topological polar surface area (TPSA) is 99.2 Å². The first kappa shape index (κ1) is 15.0. The van der Waals surface area contributed by atoms with E-state index in [2.05, 4.69) is 15.4 Å².